The van der Waals surface area contributed by atoms with Crippen molar-refractivity contribution < 1.29 is 56.2 Å². The predicted octanol–water partition coefficient (Wildman–Crippen LogP) is 11.2. The van der Waals surface area contributed by atoms with Gasteiger partial charge in [0.25, 0.3) is 0 Å². The van der Waals surface area contributed by atoms with Gasteiger partial charge in [-0.25, -0.2) is 4.18 Å². The maximum Gasteiger partial charge on any atom is 0.397 e. The van der Waals surface area contributed by atoms with Crippen molar-refractivity contribution in [2.75, 3.05) is 26.4 Å². The van der Waals surface area contributed by atoms with Crippen LogP contribution in [-0.4, -0.2) is 97.5 Å². The molecule has 1 heterocycles. The van der Waals surface area contributed by atoms with Crippen LogP contribution in [0.3, 0.4) is 0 Å². The van der Waals surface area contributed by atoms with E-state index in [0.717, 1.165) is 109 Å². The van der Waals surface area contributed by atoms with Gasteiger partial charge in [0.2, 0.25) is 0 Å². The molecule has 0 aliphatic carbocycles. The third kappa shape index (κ3) is 36.1. The summed E-state index contributed by atoms with van der Waals surface area (Å²) in [5.41, 5.74) is 0. The molecule has 12 nitrogen and oxygen atoms in total. The lowest BCUT2D eigenvalue weighted by Crippen LogP contribution is -2.60. The van der Waals surface area contributed by atoms with Crippen LogP contribution in [0.2, 0.25) is 0 Å². The molecule has 0 amide bonds. The van der Waals surface area contributed by atoms with Crippen molar-refractivity contribution >= 4 is 16.4 Å². The zero-order valence-corrected chi connectivity index (χ0v) is 40.8. The average molecular weight is 937 g/mol. The summed E-state index contributed by atoms with van der Waals surface area (Å²) in [5, 5.41) is 30.7. The summed E-state index contributed by atoms with van der Waals surface area (Å²) < 4.78 is 59.1. The van der Waals surface area contributed by atoms with Crippen molar-refractivity contribution in [1.82, 2.24) is 0 Å². The Morgan fingerprint density at radius 1 is 0.600 bits per heavy atom. The van der Waals surface area contributed by atoms with Crippen LogP contribution in [0.1, 0.15) is 174 Å². The van der Waals surface area contributed by atoms with Gasteiger partial charge >= 0.3 is 16.4 Å². The van der Waals surface area contributed by atoms with Crippen LogP contribution in [0.4, 0.5) is 0 Å². The van der Waals surface area contributed by atoms with Crippen molar-refractivity contribution in [3.05, 3.63) is 85.1 Å². The lowest BCUT2D eigenvalue weighted by molar-refractivity contribution is -0.301. The normalized spacial score (nSPS) is 20.4. The number of aliphatic hydroxyl groups excluding tert-OH is 3. The van der Waals surface area contributed by atoms with Gasteiger partial charge in [0.05, 0.1) is 19.8 Å². The molecule has 1 rings (SSSR count). The summed E-state index contributed by atoms with van der Waals surface area (Å²) in [6.07, 6.45) is 47.6. The molecule has 4 N–H and O–H groups in total. The van der Waals surface area contributed by atoms with Crippen molar-refractivity contribution in [2.24, 2.45) is 0 Å². The van der Waals surface area contributed by atoms with Crippen LogP contribution in [0.15, 0.2) is 85.1 Å². The van der Waals surface area contributed by atoms with Gasteiger partial charge in [0, 0.05) is 13.0 Å². The summed E-state index contributed by atoms with van der Waals surface area (Å²) in [5.74, 6) is -0.417. The maximum atomic E-state index is 12.8. The molecule has 374 valence electrons. The van der Waals surface area contributed by atoms with Crippen LogP contribution < -0.4 is 0 Å². The first-order valence-electron chi connectivity index (χ1n) is 24.8. The van der Waals surface area contributed by atoms with Crippen LogP contribution >= 0.6 is 0 Å². The Kier molecular flexibility index (Phi) is 39.5. The Bertz CT molecular complexity index is 1450. The Morgan fingerprint density at radius 2 is 1.06 bits per heavy atom. The van der Waals surface area contributed by atoms with Gasteiger partial charge in [-0.3, -0.25) is 9.35 Å². The minimum atomic E-state index is -5.07. The zero-order valence-electron chi connectivity index (χ0n) is 40.0. The highest BCUT2D eigenvalue weighted by molar-refractivity contribution is 7.80. The quantitative estimate of drug-likeness (QED) is 0.0197. The largest absolute Gasteiger partial charge is 0.457 e. The Balaban J connectivity index is 2.35. The zero-order chi connectivity index (χ0) is 47.5. The summed E-state index contributed by atoms with van der Waals surface area (Å²) in [6.45, 7) is 3.79. The molecule has 65 heavy (non-hydrogen) atoms. The van der Waals surface area contributed by atoms with Gasteiger partial charge in [-0.05, 0) is 89.9 Å². The SMILES string of the molecule is CC/C=C\C/C=C\C/C=C\C/C=C\C/C=C\C/C=C\CCCCCCCCCOCC(COC1OC(CO)C(O)C(OS(=O)(=O)O)C1O)OC(=O)CCCCCCC/C=C\CCCCC. The lowest BCUT2D eigenvalue weighted by atomic mass is 9.99. The standard InChI is InChI=1S/C52H88O12S/c1-3-5-7-9-11-13-15-17-18-19-20-21-22-23-24-25-26-27-28-29-30-32-34-36-38-40-42-60-44-46(62-48(54)41-39-37-35-33-31-16-14-12-10-8-6-4-2)45-61-52-50(56)51(64-65(57,58)59)49(55)47(43-53)63-52/h5,7,11-14,17-18,20-21,23-24,26-27,46-47,49-53,55-56H,3-4,6,8-10,15-16,19,22,25,28-45H2,1-2H3,(H,57,58,59)/b7-5-,13-11-,14-12-,18-17-,21-20-,24-23-,27-26-. The van der Waals surface area contributed by atoms with Crippen molar-refractivity contribution in [3.63, 3.8) is 0 Å². The Morgan fingerprint density at radius 3 is 1.57 bits per heavy atom. The molecular formula is C52H88O12S. The van der Waals surface area contributed by atoms with Crippen LogP contribution in [0.25, 0.3) is 0 Å². The lowest BCUT2D eigenvalue weighted by Gasteiger charge is -2.41. The van der Waals surface area contributed by atoms with Gasteiger partial charge < -0.3 is 34.3 Å². The second-order valence-electron chi connectivity index (χ2n) is 16.7. The molecule has 0 bridgehead atoms. The van der Waals surface area contributed by atoms with Crippen molar-refractivity contribution in [1.29, 1.82) is 0 Å². The summed E-state index contributed by atoms with van der Waals surface area (Å²) in [4.78, 5) is 12.8. The van der Waals surface area contributed by atoms with Gasteiger partial charge in [0.15, 0.2) is 6.29 Å². The average Bonchev–Trinajstić information content (AvgIpc) is 3.28. The fourth-order valence-corrected chi connectivity index (χ4v) is 7.53. The minimum Gasteiger partial charge on any atom is -0.457 e. The minimum absolute atomic E-state index is 0.0200. The van der Waals surface area contributed by atoms with Crippen molar-refractivity contribution in [3.8, 4) is 0 Å². The third-order valence-electron chi connectivity index (χ3n) is 10.8. The predicted molar refractivity (Wildman–Crippen MR) is 262 cm³/mol. The van der Waals surface area contributed by atoms with E-state index >= 15 is 0 Å². The third-order valence-corrected chi connectivity index (χ3v) is 11.2. The van der Waals surface area contributed by atoms with E-state index in [1.54, 1.807) is 0 Å². The first-order chi connectivity index (χ1) is 31.6. The molecule has 0 saturated carbocycles. The molecule has 0 radical (unpaired) electrons. The molecule has 1 aliphatic rings. The van der Waals surface area contributed by atoms with E-state index < -0.39 is 59.8 Å². The molecule has 1 saturated heterocycles. The molecule has 0 aromatic heterocycles. The number of unbranched alkanes of at least 4 members (excludes halogenated alkanes) is 15. The van der Waals surface area contributed by atoms with E-state index in [1.165, 1.54) is 38.5 Å². The highest BCUT2D eigenvalue weighted by Crippen LogP contribution is 2.26. The van der Waals surface area contributed by atoms with E-state index in [-0.39, 0.29) is 19.6 Å². The number of ether oxygens (including phenoxy) is 4. The number of hydrogen-bond acceptors (Lipinski definition) is 11. The molecule has 1 fully saturated rings. The van der Waals surface area contributed by atoms with E-state index in [2.05, 4.69) is 103 Å². The van der Waals surface area contributed by atoms with E-state index in [9.17, 15) is 33.1 Å². The molecule has 0 spiro atoms. The first-order valence-corrected chi connectivity index (χ1v) is 26.2. The van der Waals surface area contributed by atoms with Crippen LogP contribution in [0.5, 0.6) is 0 Å². The Labute approximate surface area is 393 Å². The molecule has 1 aliphatic heterocycles. The highest BCUT2D eigenvalue weighted by atomic mass is 32.3. The second-order valence-corrected chi connectivity index (χ2v) is 17.7. The second kappa shape index (κ2) is 42.6. The van der Waals surface area contributed by atoms with Gasteiger partial charge in [-0.15, -0.1) is 0 Å². The van der Waals surface area contributed by atoms with Crippen LogP contribution in [0, 0.1) is 0 Å². The number of carbonyl (C=O) groups excluding carboxylic acids is 1. The molecule has 6 unspecified atom stereocenters. The molecular weight excluding hydrogens is 849 g/mol. The first kappa shape index (κ1) is 60.3. The van der Waals surface area contributed by atoms with Gasteiger partial charge in [-0.1, -0.05) is 163 Å². The number of rotatable bonds is 42. The molecule has 0 aromatic carbocycles. The van der Waals surface area contributed by atoms with E-state index in [1.807, 2.05) is 0 Å². The van der Waals surface area contributed by atoms with Crippen LogP contribution in [-0.2, 0) is 38.3 Å². The monoisotopic (exact) mass is 937 g/mol. The fourth-order valence-electron chi connectivity index (χ4n) is 7.02. The van der Waals surface area contributed by atoms with E-state index in [0.29, 0.717) is 13.0 Å². The summed E-state index contributed by atoms with van der Waals surface area (Å²) in [7, 11) is -5.07. The number of esters is 1. The number of aliphatic hydroxyl groups is 3. The van der Waals surface area contributed by atoms with Gasteiger partial charge in [-0.2, -0.15) is 8.42 Å². The topological polar surface area (TPSA) is 178 Å². The smallest absolute Gasteiger partial charge is 0.397 e. The number of carbonyl (C=O) groups is 1. The molecule has 0 aromatic rings. The summed E-state index contributed by atoms with van der Waals surface area (Å²) in [6, 6.07) is 0. The van der Waals surface area contributed by atoms with E-state index in [4.69, 9.17) is 18.9 Å². The molecule has 13 heteroatoms. The Hall–Kier alpha value is -2.72. The maximum absolute atomic E-state index is 12.8. The molecule has 6 atom stereocenters. The van der Waals surface area contributed by atoms with Crippen molar-refractivity contribution in [2.45, 2.75) is 211 Å². The number of allylic oxidation sites excluding steroid dienone is 14. The fraction of sp³-hybridized carbons (Fsp3) is 0.712. The summed E-state index contributed by atoms with van der Waals surface area (Å²) >= 11 is 0. The highest BCUT2D eigenvalue weighted by Gasteiger charge is 2.48. The van der Waals surface area contributed by atoms with Gasteiger partial charge in [0.1, 0.15) is 30.5 Å². The number of hydrogen-bond donors (Lipinski definition) is 4.